The zero-order valence-electron chi connectivity index (χ0n) is 15.1. The first-order valence-corrected chi connectivity index (χ1v) is 9.82. The van der Waals surface area contributed by atoms with Crippen molar-refractivity contribution in [2.75, 3.05) is 31.1 Å². The van der Waals surface area contributed by atoms with Crippen LogP contribution in [0.3, 0.4) is 0 Å². The molecular weight excluding hydrogens is 381 g/mol. The van der Waals surface area contributed by atoms with Crippen molar-refractivity contribution in [1.82, 2.24) is 9.88 Å². The Morgan fingerprint density at radius 1 is 1.04 bits per heavy atom. The Morgan fingerprint density at radius 3 is 2.41 bits per heavy atom. The van der Waals surface area contributed by atoms with Crippen LogP contribution in [-0.4, -0.2) is 42.0 Å². The summed E-state index contributed by atoms with van der Waals surface area (Å²) in [6.45, 7) is 5.16. The van der Waals surface area contributed by atoms with Crippen LogP contribution >= 0.6 is 23.2 Å². The Labute approximate surface area is 168 Å². The average molecular weight is 402 g/mol. The number of piperazine rings is 1. The van der Waals surface area contributed by atoms with Gasteiger partial charge in [-0.2, -0.15) is 0 Å². The predicted octanol–water partition coefficient (Wildman–Crippen LogP) is 4.67. The van der Waals surface area contributed by atoms with Crippen molar-refractivity contribution in [2.24, 2.45) is 0 Å². The Morgan fingerprint density at radius 2 is 1.70 bits per heavy atom. The van der Waals surface area contributed by atoms with Crippen LogP contribution in [-0.2, 0) is 11.2 Å². The number of aromatic nitrogens is 1. The summed E-state index contributed by atoms with van der Waals surface area (Å²) in [7, 11) is 0. The highest BCUT2D eigenvalue weighted by atomic mass is 35.5. The number of fused-ring (bicyclic) bond motifs is 1. The molecule has 1 aliphatic rings. The highest BCUT2D eigenvalue weighted by Gasteiger charge is 2.23. The van der Waals surface area contributed by atoms with Crippen LogP contribution in [0, 0.1) is 6.92 Å². The summed E-state index contributed by atoms with van der Waals surface area (Å²) in [5, 5.41) is 1.99. The van der Waals surface area contributed by atoms with E-state index in [4.69, 9.17) is 23.2 Å². The Balaban J connectivity index is 1.47. The third-order valence-corrected chi connectivity index (χ3v) is 5.96. The number of aromatic amines is 1. The van der Waals surface area contributed by atoms with Crippen molar-refractivity contribution in [1.29, 1.82) is 0 Å². The number of rotatable bonds is 3. The summed E-state index contributed by atoms with van der Waals surface area (Å²) < 4.78 is 0. The third kappa shape index (κ3) is 3.64. The number of halogens is 2. The molecule has 1 aliphatic heterocycles. The number of carbonyl (C=O) groups excluding carboxylic acids is 1. The largest absolute Gasteiger partial charge is 0.368 e. The first kappa shape index (κ1) is 18.2. The van der Waals surface area contributed by atoms with Crippen molar-refractivity contribution >= 4 is 45.7 Å². The number of nitrogens with one attached hydrogen (secondary N) is 1. The number of hydrogen-bond acceptors (Lipinski definition) is 2. The van der Waals surface area contributed by atoms with Gasteiger partial charge in [-0.25, -0.2) is 0 Å². The fraction of sp³-hybridized carbons (Fsp3) is 0.286. The molecule has 4 nitrogen and oxygen atoms in total. The molecule has 3 aromatic rings. The molecule has 6 heteroatoms. The van der Waals surface area contributed by atoms with E-state index in [1.165, 1.54) is 5.69 Å². The first-order chi connectivity index (χ1) is 13.0. The fourth-order valence-corrected chi connectivity index (χ4v) is 4.05. The number of nitrogens with zero attached hydrogens (tertiary/aromatic N) is 2. The summed E-state index contributed by atoms with van der Waals surface area (Å²) in [5.41, 5.74) is 4.11. The molecule has 1 aromatic heterocycles. The lowest BCUT2D eigenvalue weighted by Crippen LogP contribution is -2.49. The maximum atomic E-state index is 12.9. The van der Waals surface area contributed by atoms with Crippen LogP contribution in [0.25, 0.3) is 10.9 Å². The Bertz CT molecular complexity index is 976. The maximum absolute atomic E-state index is 12.9. The van der Waals surface area contributed by atoms with Crippen molar-refractivity contribution in [2.45, 2.75) is 13.3 Å². The van der Waals surface area contributed by atoms with Crippen LogP contribution < -0.4 is 4.90 Å². The highest BCUT2D eigenvalue weighted by Crippen LogP contribution is 2.31. The van der Waals surface area contributed by atoms with Crippen LogP contribution in [0.2, 0.25) is 10.0 Å². The van der Waals surface area contributed by atoms with Crippen molar-refractivity contribution in [3.63, 3.8) is 0 Å². The second-order valence-electron chi connectivity index (χ2n) is 6.92. The zero-order valence-corrected chi connectivity index (χ0v) is 16.6. The lowest BCUT2D eigenvalue weighted by molar-refractivity contribution is -0.130. The lowest BCUT2D eigenvalue weighted by Gasteiger charge is -2.36. The number of anilines is 1. The van der Waals surface area contributed by atoms with Gasteiger partial charge in [-0.15, -0.1) is 0 Å². The number of amides is 1. The van der Waals surface area contributed by atoms with Crippen LogP contribution in [0.4, 0.5) is 5.69 Å². The van der Waals surface area contributed by atoms with Gasteiger partial charge in [0.1, 0.15) is 0 Å². The van der Waals surface area contributed by atoms with E-state index in [2.05, 4.69) is 22.0 Å². The molecule has 0 aliphatic carbocycles. The van der Waals surface area contributed by atoms with Crippen LogP contribution in [0.5, 0.6) is 0 Å². The summed E-state index contributed by atoms with van der Waals surface area (Å²) in [6.07, 6.45) is 0.370. The predicted molar refractivity (Wildman–Crippen MR) is 112 cm³/mol. The van der Waals surface area contributed by atoms with Gasteiger partial charge >= 0.3 is 0 Å². The topological polar surface area (TPSA) is 39.3 Å². The third-order valence-electron chi connectivity index (χ3n) is 5.24. The van der Waals surface area contributed by atoms with Gasteiger partial charge in [-0.3, -0.25) is 4.79 Å². The molecule has 140 valence electrons. The van der Waals surface area contributed by atoms with E-state index in [-0.39, 0.29) is 5.91 Å². The normalized spacial score (nSPS) is 14.8. The molecule has 2 aromatic carbocycles. The number of aryl methyl sites for hydroxylation is 1. The summed E-state index contributed by atoms with van der Waals surface area (Å²) in [4.78, 5) is 20.5. The maximum Gasteiger partial charge on any atom is 0.227 e. The Hall–Kier alpha value is -2.17. The molecule has 0 atom stereocenters. The minimum atomic E-state index is 0.151. The number of hydrogen-bond donors (Lipinski definition) is 1. The molecule has 0 radical (unpaired) electrons. The van der Waals surface area contributed by atoms with Gasteiger partial charge in [0.25, 0.3) is 0 Å². The summed E-state index contributed by atoms with van der Waals surface area (Å²) in [6, 6.07) is 14.0. The van der Waals surface area contributed by atoms with Gasteiger partial charge in [-0.1, -0.05) is 41.4 Å². The van der Waals surface area contributed by atoms with E-state index in [0.717, 1.165) is 48.3 Å². The molecule has 1 fully saturated rings. The van der Waals surface area contributed by atoms with E-state index in [9.17, 15) is 4.79 Å². The molecular formula is C21H21Cl2N3O. The van der Waals surface area contributed by atoms with Crippen molar-refractivity contribution in [3.8, 4) is 0 Å². The van der Waals surface area contributed by atoms with E-state index in [1.54, 1.807) is 0 Å². The molecule has 4 rings (SSSR count). The number of para-hydroxylation sites is 1. The minimum absolute atomic E-state index is 0.151. The second-order valence-corrected chi connectivity index (χ2v) is 7.74. The van der Waals surface area contributed by atoms with Crippen molar-refractivity contribution in [3.05, 3.63) is 63.8 Å². The van der Waals surface area contributed by atoms with E-state index >= 15 is 0 Å². The zero-order chi connectivity index (χ0) is 19.0. The summed E-state index contributed by atoms with van der Waals surface area (Å²) >= 11 is 12.3. The molecule has 2 heterocycles. The second kappa shape index (κ2) is 7.45. The smallest absolute Gasteiger partial charge is 0.227 e. The molecule has 0 bridgehead atoms. The molecule has 1 N–H and O–H groups in total. The molecule has 27 heavy (non-hydrogen) atoms. The van der Waals surface area contributed by atoms with E-state index in [0.29, 0.717) is 16.5 Å². The van der Waals surface area contributed by atoms with E-state index < -0.39 is 0 Å². The Kier molecular flexibility index (Phi) is 5.02. The molecule has 0 unspecified atom stereocenters. The number of benzene rings is 2. The van der Waals surface area contributed by atoms with Gasteiger partial charge in [0, 0.05) is 48.5 Å². The number of carbonyl (C=O) groups is 1. The quantitative estimate of drug-likeness (QED) is 0.691. The van der Waals surface area contributed by atoms with Crippen LogP contribution in [0.1, 0.15) is 11.3 Å². The molecule has 0 spiro atoms. The van der Waals surface area contributed by atoms with Gasteiger partial charge in [0.15, 0.2) is 0 Å². The SMILES string of the molecule is Cc1[nH]c2cc(Cl)c(Cl)cc2c1CC(=O)N1CCN(c2ccccc2)CC1. The monoisotopic (exact) mass is 401 g/mol. The standard InChI is InChI=1S/C21H21Cl2N3O/c1-14-16(17-11-18(22)19(23)13-20(17)24-14)12-21(27)26-9-7-25(8-10-26)15-5-3-2-4-6-15/h2-6,11,13,24H,7-10,12H2,1H3. The first-order valence-electron chi connectivity index (χ1n) is 9.07. The van der Waals surface area contributed by atoms with Crippen LogP contribution in [0.15, 0.2) is 42.5 Å². The van der Waals surface area contributed by atoms with Gasteiger partial charge in [0.05, 0.1) is 16.5 Å². The van der Waals surface area contributed by atoms with Crippen molar-refractivity contribution < 1.29 is 4.79 Å². The van der Waals surface area contributed by atoms with Gasteiger partial charge in [-0.05, 0) is 36.8 Å². The summed E-state index contributed by atoms with van der Waals surface area (Å²) in [5.74, 6) is 0.151. The lowest BCUT2D eigenvalue weighted by atomic mass is 10.1. The fourth-order valence-electron chi connectivity index (χ4n) is 3.72. The molecule has 1 saturated heterocycles. The van der Waals surface area contributed by atoms with E-state index in [1.807, 2.05) is 42.2 Å². The molecule has 0 saturated carbocycles. The number of H-pyrrole nitrogens is 1. The van der Waals surface area contributed by atoms with Gasteiger partial charge < -0.3 is 14.8 Å². The van der Waals surface area contributed by atoms with Gasteiger partial charge in [0.2, 0.25) is 5.91 Å². The highest BCUT2D eigenvalue weighted by molar-refractivity contribution is 6.42. The molecule has 1 amide bonds. The average Bonchev–Trinajstić information content (AvgIpc) is 2.97. The minimum Gasteiger partial charge on any atom is -0.368 e.